The second kappa shape index (κ2) is 4.78. The molecule has 0 aliphatic carbocycles. The van der Waals surface area contributed by atoms with Crippen molar-refractivity contribution in [3.63, 3.8) is 0 Å². The lowest BCUT2D eigenvalue weighted by atomic mass is 10.1. The van der Waals surface area contributed by atoms with Crippen LogP contribution in [0.25, 0.3) is 22.3 Å². The summed E-state index contributed by atoms with van der Waals surface area (Å²) in [5, 5.41) is 8.24. The maximum Gasteiger partial charge on any atom is 0.151 e. The van der Waals surface area contributed by atoms with E-state index in [1.54, 1.807) is 31.6 Å². The van der Waals surface area contributed by atoms with E-state index in [0.717, 1.165) is 16.6 Å². The van der Waals surface area contributed by atoms with Gasteiger partial charge in [-0.1, -0.05) is 11.6 Å². The van der Waals surface area contributed by atoms with Crippen molar-refractivity contribution >= 4 is 22.6 Å². The molecule has 3 rings (SSSR count). The molecule has 0 saturated carbocycles. The average Bonchev–Trinajstić information content (AvgIpc) is 2.46. The fraction of sp³-hybridized carbons (Fsp3) is 0.0769. The van der Waals surface area contributed by atoms with E-state index in [1.807, 2.05) is 12.1 Å². The second-order valence-corrected chi connectivity index (χ2v) is 4.23. The highest BCUT2D eigenvalue weighted by Gasteiger charge is 2.10. The Bertz CT molecular complexity index is 730. The van der Waals surface area contributed by atoms with Gasteiger partial charge in [-0.2, -0.15) is 0 Å². The van der Waals surface area contributed by atoms with Gasteiger partial charge in [-0.05, 0) is 18.2 Å². The third-order valence-corrected chi connectivity index (χ3v) is 2.90. The SMILES string of the molecule is COc1cc2nccnc2cc1-c1ccc(Cl)nn1. The highest BCUT2D eigenvalue weighted by Crippen LogP contribution is 2.31. The maximum atomic E-state index is 5.74. The lowest BCUT2D eigenvalue weighted by molar-refractivity contribution is 0.416. The maximum absolute atomic E-state index is 5.74. The summed E-state index contributed by atoms with van der Waals surface area (Å²) in [5.74, 6) is 0.671. The normalized spacial score (nSPS) is 10.6. The molecule has 0 spiro atoms. The van der Waals surface area contributed by atoms with Crippen LogP contribution in [0.3, 0.4) is 0 Å². The lowest BCUT2D eigenvalue weighted by Gasteiger charge is -2.08. The molecule has 0 atom stereocenters. The van der Waals surface area contributed by atoms with Gasteiger partial charge in [-0.15, -0.1) is 10.2 Å². The summed E-state index contributed by atoms with van der Waals surface area (Å²) in [6, 6.07) is 7.17. The van der Waals surface area contributed by atoms with Crippen molar-refractivity contribution in [3.8, 4) is 17.0 Å². The molecular formula is C13H9ClN4O. The van der Waals surface area contributed by atoms with Crippen LogP contribution in [-0.2, 0) is 0 Å². The van der Waals surface area contributed by atoms with Crippen LogP contribution < -0.4 is 4.74 Å². The number of nitrogens with zero attached hydrogens (tertiary/aromatic N) is 4. The van der Waals surface area contributed by atoms with E-state index in [4.69, 9.17) is 16.3 Å². The van der Waals surface area contributed by atoms with Crippen molar-refractivity contribution in [1.29, 1.82) is 0 Å². The number of hydrogen-bond donors (Lipinski definition) is 0. The summed E-state index contributed by atoms with van der Waals surface area (Å²) in [5.41, 5.74) is 3.02. The summed E-state index contributed by atoms with van der Waals surface area (Å²) in [7, 11) is 1.60. The van der Waals surface area contributed by atoms with Gasteiger partial charge in [-0.25, -0.2) is 0 Å². The number of fused-ring (bicyclic) bond motifs is 1. The van der Waals surface area contributed by atoms with Crippen molar-refractivity contribution < 1.29 is 4.74 Å². The summed E-state index contributed by atoms with van der Waals surface area (Å²) in [6.45, 7) is 0. The van der Waals surface area contributed by atoms with Crippen molar-refractivity contribution in [1.82, 2.24) is 20.2 Å². The zero-order valence-electron chi connectivity index (χ0n) is 10.0. The molecule has 6 heteroatoms. The molecule has 0 bridgehead atoms. The number of halogens is 1. The highest BCUT2D eigenvalue weighted by molar-refractivity contribution is 6.29. The number of benzene rings is 1. The summed E-state index contributed by atoms with van der Waals surface area (Å²) in [6.07, 6.45) is 3.29. The number of ether oxygens (including phenoxy) is 1. The number of aromatic nitrogens is 4. The first-order chi connectivity index (χ1) is 9.28. The molecule has 3 aromatic rings. The van der Waals surface area contributed by atoms with E-state index in [9.17, 15) is 0 Å². The molecule has 1 aromatic carbocycles. The average molecular weight is 273 g/mol. The summed E-state index contributed by atoms with van der Waals surface area (Å²) < 4.78 is 5.37. The number of hydrogen-bond acceptors (Lipinski definition) is 5. The monoisotopic (exact) mass is 272 g/mol. The Kier molecular flexibility index (Phi) is 2.97. The number of rotatable bonds is 2. The van der Waals surface area contributed by atoms with Gasteiger partial charge in [0.25, 0.3) is 0 Å². The van der Waals surface area contributed by atoms with Crippen molar-refractivity contribution in [2.24, 2.45) is 0 Å². The second-order valence-electron chi connectivity index (χ2n) is 3.84. The van der Waals surface area contributed by atoms with Crippen LogP contribution in [0.15, 0.2) is 36.7 Å². The minimum Gasteiger partial charge on any atom is -0.496 e. The van der Waals surface area contributed by atoms with Crippen LogP contribution in [-0.4, -0.2) is 27.3 Å². The molecule has 94 valence electrons. The lowest BCUT2D eigenvalue weighted by Crippen LogP contribution is -1.94. The smallest absolute Gasteiger partial charge is 0.151 e. The van der Waals surface area contributed by atoms with Crippen LogP contribution in [0.2, 0.25) is 5.15 Å². The molecule has 0 amide bonds. The van der Waals surface area contributed by atoms with Gasteiger partial charge in [-0.3, -0.25) is 9.97 Å². The fourth-order valence-corrected chi connectivity index (χ4v) is 1.92. The third kappa shape index (κ3) is 2.20. The van der Waals surface area contributed by atoms with E-state index in [0.29, 0.717) is 16.6 Å². The summed E-state index contributed by atoms with van der Waals surface area (Å²) in [4.78, 5) is 8.51. The first-order valence-electron chi connectivity index (χ1n) is 5.56. The summed E-state index contributed by atoms with van der Waals surface area (Å²) >= 11 is 5.74. The molecule has 5 nitrogen and oxygen atoms in total. The number of methoxy groups -OCH3 is 1. The molecular weight excluding hydrogens is 264 g/mol. The molecule has 0 unspecified atom stereocenters. The fourth-order valence-electron chi connectivity index (χ4n) is 1.82. The van der Waals surface area contributed by atoms with Gasteiger partial charge in [0.15, 0.2) is 5.15 Å². The van der Waals surface area contributed by atoms with Crippen LogP contribution in [0.5, 0.6) is 5.75 Å². The Balaban J connectivity index is 2.23. The van der Waals surface area contributed by atoms with Crippen LogP contribution >= 0.6 is 11.6 Å². The highest BCUT2D eigenvalue weighted by atomic mass is 35.5. The van der Waals surface area contributed by atoms with E-state index in [2.05, 4.69) is 20.2 Å². The van der Waals surface area contributed by atoms with E-state index in [-0.39, 0.29) is 0 Å². The first kappa shape index (κ1) is 11.8. The largest absolute Gasteiger partial charge is 0.496 e. The van der Waals surface area contributed by atoms with Crippen molar-refractivity contribution in [2.45, 2.75) is 0 Å². The van der Waals surface area contributed by atoms with E-state index < -0.39 is 0 Å². The quantitative estimate of drug-likeness (QED) is 0.718. The molecule has 2 heterocycles. The van der Waals surface area contributed by atoms with Crippen LogP contribution in [0.4, 0.5) is 0 Å². The van der Waals surface area contributed by atoms with Crippen LogP contribution in [0, 0.1) is 0 Å². The molecule has 0 radical (unpaired) electrons. The van der Waals surface area contributed by atoms with Gasteiger partial charge in [0.05, 0.1) is 23.8 Å². The van der Waals surface area contributed by atoms with Gasteiger partial charge in [0.1, 0.15) is 5.75 Å². The van der Waals surface area contributed by atoms with E-state index >= 15 is 0 Å². The standard InChI is InChI=1S/C13H9ClN4O/c1-19-12-7-11-10(15-4-5-16-11)6-8(12)9-2-3-13(14)18-17-9/h2-7H,1H3. The zero-order valence-corrected chi connectivity index (χ0v) is 10.8. The Labute approximate surface area is 114 Å². The minimum absolute atomic E-state index is 0.350. The Morgan fingerprint density at radius 1 is 1.00 bits per heavy atom. The van der Waals surface area contributed by atoms with Crippen LogP contribution in [0.1, 0.15) is 0 Å². The zero-order chi connectivity index (χ0) is 13.2. The third-order valence-electron chi connectivity index (χ3n) is 2.70. The molecule has 0 N–H and O–H groups in total. The first-order valence-corrected chi connectivity index (χ1v) is 5.94. The molecule has 2 aromatic heterocycles. The Hall–Kier alpha value is -2.27. The molecule has 0 aliphatic rings. The van der Waals surface area contributed by atoms with Gasteiger partial charge in [0, 0.05) is 24.0 Å². The minimum atomic E-state index is 0.350. The van der Waals surface area contributed by atoms with Crippen molar-refractivity contribution in [3.05, 3.63) is 41.8 Å². The predicted molar refractivity (Wildman–Crippen MR) is 72.1 cm³/mol. The topological polar surface area (TPSA) is 60.8 Å². The molecule has 0 aliphatic heterocycles. The molecule has 0 saturated heterocycles. The Morgan fingerprint density at radius 2 is 1.74 bits per heavy atom. The molecule has 19 heavy (non-hydrogen) atoms. The van der Waals surface area contributed by atoms with E-state index in [1.165, 1.54) is 0 Å². The molecule has 0 fully saturated rings. The van der Waals surface area contributed by atoms with Crippen molar-refractivity contribution in [2.75, 3.05) is 7.11 Å². The van der Waals surface area contributed by atoms with Gasteiger partial charge < -0.3 is 4.74 Å². The van der Waals surface area contributed by atoms with Gasteiger partial charge >= 0.3 is 0 Å². The van der Waals surface area contributed by atoms with Gasteiger partial charge in [0.2, 0.25) is 0 Å². The predicted octanol–water partition coefficient (Wildman–Crippen LogP) is 2.75. The Morgan fingerprint density at radius 3 is 2.37 bits per heavy atom.